The third-order valence-corrected chi connectivity index (χ3v) is 1.20. The first-order valence-corrected chi connectivity index (χ1v) is 3.75. The van der Waals surface area contributed by atoms with Crippen LogP contribution in [-0.4, -0.2) is 31.5 Å². The van der Waals surface area contributed by atoms with Crippen molar-refractivity contribution >= 4 is 0 Å². The number of allylic oxidation sites excluding steroid dienone is 2. The van der Waals surface area contributed by atoms with Gasteiger partial charge in [-0.2, -0.15) is 0 Å². The van der Waals surface area contributed by atoms with Crippen molar-refractivity contribution in [2.75, 3.05) is 26.4 Å². The van der Waals surface area contributed by atoms with E-state index in [4.69, 9.17) is 14.6 Å². The highest BCUT2D eigenvalue weighted by Gasteiger charge is 1.88. The molecular weight excluding hydrogens is 144 g/mol. The highest BCUT2D eigenvalue weighted by Crippen LogP contribution is 1.93. The first-order chi connectivity index (χ1) is 5.31. The largest absolute Gasteiger partial charge is 0.496 e. The predicted octanol–water partition coefficient (Wildman–Crippen LogP) is 0.936. The van der Waals surface area contributed by atoms with Crippen molar-refractivity contribution in [2.24, 2.45) is 0 Å². The Morgan fingerprint density at radius 1 is 1.36 bits per heavy atom. The van der Waals surface area contributed by atoms with Gasteiger partial charge in [-0.1, -0.05) is 6.08 Å². The molecule has 11 heavy (non-hydrogen) atoms. The minimum Gasteiger partial charge on any atom is -0.496 e. The highest BCUT2D eigenvalue weighted by atomic mass is 16.5. The summed E-state index contributed by atoms with van der Waals surface area (Å²) in [6, 6.07) is 0. The topological polar surface area (TPSA) is 38.7 Å². The van der Waals surface area contributed by atoms with Crippen LogP contribution >= 0.6 is 0 Å². The summed E-state index contributed by atoms with van der Waals surface area (Å²) in [7, 11) is 0. The summed E-state index contributed by atoms with van der Waals surface area (Å²) in [5, 5.41) is 8.34. The maximum atomic E-state index is 8.34. The van der Waals surface area contributed by atoms with Gasteiger partial charge < -0.3 is 14.6 Å². The molecule has 0 saturated heterocycles. The summed E-state index contributed by atoms with van der Waals surface area (Å²) in [6.07, 6.45) is 1.89. The maximum absolute atomic E-state index is 8.34. The second-order valence-corrected chi connectivity index (χ2v) is 2.08. The Bertz CT molecular complexity index is 110. The van der Waals surface area contributed by atoms with Crippen molar-refractivity contribution < 1.29 is 14.6 Å². The molecule has 0 fully saturated rings. The summed E-state index contributed by atoms with van der Waals surface area (Å²) in [4.78, 5) is 0. The molecule has 3 heteroatoms. The van der Waals surface area contributed by atoms with Crippen molar-refractivity contribution in [3.05, 3.63) is 11.8 Å². The van der Waals surface area contributed by atoms with Crippen LogP contribution in [0.2, 0.25) is 0 Å². The van der Waals surface area contributed by atoms with Gasteiger partial charge in [0.25, 0.3) is 0 Å². The third-order valence-electron chi connectivity index (χ3n) is 1.20. The summed E-state index contributed by atoms with van der Waals surface area (Å²) < 4.78 is 10.2. The van der Waals surface area contributed by atoms with Crippen LogP contribution in [-0.2, 0) is 9.47 Å². The number of aliphatic hydroxyl groups excluding tert-OH is 1. The molecule has 0 bridgehead atoms. The lowest BCUT2D eigenvalue weighted by Crippen LogP contribution is -2.06. The Kier molecular flexibility index (Phi) is 7.19. The Morgan fingerprint density at radius 3 is 2.64 bits per heavy atom. The lowest BCUT2D eigenvalue weighted by molar-refractivity contribution is 0.0540. The zero-order chi connectivity index (χ0) is 8.53. The molecular formula is C8H16O3. The average molecular weight is 160 g/mol. The normalized spacial score (nSPS) is 11.7. The van der Waals surface area contributed by atoms with E-state index < -0.39 is 0 Å². The minimum absolute atomic E-state index is 0.0720. The second kappa shape index (κ2) is 7.57. The van der Waals surface area contributed by atoms with Gasteiger partial charge in [0, 0.05) is 0 Å². The first kappa shape index (κ1) is 10.5. The van der Waals surface area contributed by atoms with Gasteiger partial charge in [-0.3, -0.25) is 0 Å². The van der Waals surface area contributed by atoms with E-state index in [-0.39, 0.29) is 6.61 Å². The molecule has 0 aliphatic heterocycles. The van der Waals surface area contributed by atoms with E-state index in [2.05, 4.69) is 0 Å². The molecule has 0 aliphatic carbocycles. The molecule has 1 N–H and O–H groups in total. The monoisotopic (exact) mass is 160 g/mol. The minimum atomic E-state index is 0.0720. The van der Waals surface area contributed by atoms with Gasteiger partial charge in [-0.15, -0.1) is 0 Å². The molecule has 0 aliphatic rings. The molecule has 0 heterocycles. The van der Waals surface area contributed by atoms with Gasteiger partial charge >= 0.3 is 0 Å². The van der Waals surface area contributed by atoms with E-state index in [1.54, 1.807) is 0 Å². The average Bonchev–Trinajstić information content (AvgIpc) is 2.04. The van der Waals surface area contributed by atoms with Crippen molar-refractivity contribution in [3.63, 3.8) is 0 Å². The van der Waals surface area contributed by atoms with Gasteiger partial charge in [0.2, 0.25) is 0 Å². The number of hydrogen-bond donors (Lipinski definition) is 1. The van der Waals surface area contributed by atoms with Gasteiger partial charge in [-0.05, 0) is 13.8 Å². The summed E-state index contributed by atoms with van der Waals surface area (Å²) in [5.41, 5.74) is 0. The maximum Gasteiger partial charge on any atom is 0.111 e. The standard InChI is InChI=1S/C8H16O3/c1-3-8(2)11-7-6-10-5-4-9/h3,9H,4-7H2,1-2H3. The lowest BCUT2D eigenvalue weighted by atomic mass is 10.5. The summed E-state index contributed by atoms with van der Waals surface area (Å²) in [5.74, 6) is 0.901. The van der Waals surface area contributed by atoms with E-state index in [0.717, 1.165) is 5.76 Å². The third kappa shape index (κ3) is 7.36. The molecule has 0 atom stereocenters. The van der Waals surface area contributed by atoms with Crippen molar-refractivity contribution in [1.82, 2.24) is 0 Å². The molecule has 0 amide bonds. The van der Waals surface area contributed by atoms with Crippen LogP contribution in [0.15, 0.2) is 11.8 Å². The molecule has 0 unspecified atom stereocenters. The zero-order valence-electron chi connectivity index (χ0n) is 7.17. The van der Waals surface area contributed by atoms with Crippen LogP contribution in [0.1, 0.15) is 13.8 Å². The number of aliphatic hydroxyl groups is 1. The Balaban J connectivity index is 3.02. The molecule has 0 aromatic heterocycles. The van der Waals surface area contributed by atoms with Crippen LogP contribution in [0.3, 0.4) is 0 Å². The molecule has 3 nitrogen and oxygen atoms in total. The van der Waals surface area contributed by atoms with Gasteiger partial charge in [0.05, 0.1) is 25.6 Å². The van der Waals surface area contributed by atoms with E-state index >= 15 is 0 Å². The second-order valence-electron chi connectivity index (χ2n) is 2.08. The predicted molar refractivity (Wildman–Crippen MR) is 43.3 cm³/mol. The summed E-state index contributed by atoms with van der Waals surface area (Å²) >= 11 is 0. The SMILES string of the molecule is CC=C(C)OCCOCCO. The quantitative estimate of drug-likeness (QED) is 0.464. The molecule has 0 spiro atoms. The smallest absolute Gasteiger partial charge is 0.111 e. The van der Waals surface area contributed by atoms with Crippen LogP contribution in [0, 0.1) is 0 Å². The van der Waals surface area contributed by atoms with Crippen LogP contribution in [0.4, 0.5) is 0 Å². The fourth-order valence-corrected chi connectivity index (χ4v) is 0.512. The molecule has 0 saturated carbocycles. The molecule has 66 valence electrons. The van der Waals surface area contributed by atoms with E-state index in [1.807, 2.05) is 19.9 Å². The van der Waals surface area contributed by atoms with E-state index in [0.29, 0.717) is 19.8 Å². The summed E-state index contributed by atoms with van der Waals surface area (Å²) in [6.45, 7) is 5.36. The van der Waals surface area contributed by atoms with Gasteiger partial charge in [0.15, 0.2) is 0 Å². The lowest BCUT2D eigenvalue weighted by Gasteiger charge is -2.05. The fourth-order valence-electron chi connectivity index (χ4n) is 0.512. The molecule has 0 aromatic carbocycles. The fraction of sp³-hybridized carbons (Fsp3) is 0.750. The van der Waals surface area contributed by atoms with E-state index in [1.165, 1.54) is 0 Å². The van der Waals surface area contributed by atoms with Crippen LogP contribution < -0.4 is 0 Å². The Labute approximate surface area is 67.6 Å². The first-order valence-electron chi connectivity index (χ1n) is 3.75. The Morgan fingerprint density at radius 2 is 2.09 bits per heavy atom. The van der Waals surface area contributed by atoms with Gasteiger partial charge in [-0.25, -0.2) is 0 Å². The zero-order valence-corrected chi connectivity index (χ0v) is 7.17. The highest BCUT2D eigenvalue weighted by molar-refractivity contribution is 4.83. The van der Waals surface area contributed by atoms with Crippen LogP contribution in [0.25, 0.3) is 0 Å². The van der Waals surface area contributed by atoms with Crippen molar-refractivity contribution in [2.45, 2.75) is 13.8 Å². The number of ether oxygens (including phenoxy) is 2. The van der Waals surface area contributed by atoms with Gasteiger partial charge in [0.1, 0.15) is 6.61 Å². The molecule has 0 radical (unpaired) electrons. The van der Waals surface area contributed by atoms with Crippen molar-refractivity contribution in [1.29, 1.82) is 0 Å². The molecule has 0 aromatic rings. The number of rotatable bonds is 6. The van der Waals surface area contributed by atoms with Crippen LogP contribution in [0.5, 0.6) is 0 Å². The Hall–Kier alpha value is -0.540. The van der Waals surface area contributed by atoms with Crippen molar-refractivity contribution in [3.8, 4) is 0 Å². The molecule has 0 rings (SSSR count). The van der Waals surface area contributed by atoms with E-state index in [9.17, 15) is 0 Å². The number of hydrogen-bond acceptors (Lipinski definition) is 3.